The average molecular weight is 337 g/mol. The van der Waals surface area contributed by atoms with E-state index >= 15 is 0 Å². The lowest BCUT2D eigenvalue weighted by Gasteiger charge is -2.14. The molecule has 1 aromatic heterocycles. The third-order valence-electron chi connectivity index (χ3n) is 2.99. The average Bonchev–Trinajstić information content (AvgIpc) is 2.85. The molecule has 0 radical (unpaired) electrons. The van der Waals surface area contributed by atoms with Crippen LogP contribution in [-0.2, 0) is 17.8 Å². The van der Waals surface area contributed by atoms with Crippen LogP contribution in [0.3, 0.4) is 0 Å². The number of carbonyl (C=O) groups excluding carboxylic acids is 1. The van der Waals surface area contributed by atoms with Gasteiger partial charge in [-0.3, -0.25) is 9.48 Å². The molecule has 2 aromatic rings. The number of aromatic nitrogens is 3. The van der Waals surface area contributed by atoms with E-state index in [1.54, 1.807) is 11.0 Å². The quantitative estimate of drug-likeness (QED) is 0.909. The maximum Gasteiger partial charge on any atom is 0.224 e. The number of aryl methyl sites for hydroxylation is 1. The number of hydrogen-bond donors (Lipinski definition) is 1. The van der Waals surface area contributed by atoms with Crippen LogP contribution in [0.2, 0.25) is 0 Å². The van der Waals surface area contributed by atoms with Gasteiger partial charge in [-0.25, -0.2) is 4.98 Å². The Bertz CT molecular complexity index is 583. The van der Waals surface area contributed by atoms with Crippen LogP contribution in [0, 0.1) is 6.92 Å². The fraction of sp³-hybridized carbons (Fsp3) is 0.357. The monoisotopic (exact) mass is 336 g/mol. The minimum atomic E-state index is 0.0138. The first-order chi connectivity index (χ1) is 9.54. The van der Waals surface area contributed by atoms with Crippen molar-refractivity contribution in [2.45, 2.75) is 32.9 Å². The summed E-state index contributed by atoms with van der Waals surface area (Å²) < 4.78 is 2.73. The molecule has 6 heteroatoms. The van der Waals surface area contributed by atoms with E-state index in [0.29, 0.717) is 13.0 Å². The molecule has 0 saturated heterocycles. The number of hydrogen-bond acceptors (Lipinski definition) is 3. The predicted octanol–water partition coefficient (Wildman–Crippen LogP) is 2.10. The van der Waals surface area contributed by atoms with Gasteiger partial charge in [0.2, 0.25) is 5.91 Å². The Morgan fingerprint density at radius 3 is 2.95 bits per heavy atom. The lowest BCUT2D eigenvalue weighted by atomic mass is 10.1. The van der Waals surface area contributed by atoms with Gasteiger partial charge in [0.05, 0.1) is 13.0 Å². The third kappa shape index (κ3) is 4.16. The maximum atomic E-state index is 12.0. The molecular formula is C14H17BrN4O. The standard InChI is InChI=1S/C14H17BrN4O/c1-10-5-13(15)4-3-12(10)6-14(20)18-11(2)7-19-9-16-8-17-19/h3-5,8-9,11H,6-7H2,1-2H3,(H,18,20)/t11-/m0/s1. The topological polar surface area (TPSA) is 59.8 Å². The summed E-state index contributed by atoms with van der Waals surface area (Å²) in [5.74, 6) is 0.0167. The van der Waals surface area contributed by atoms with Crippen LogP contribution in [0.4, 0.5) is 0 Å². The van der Waals surface area contributed by atoms with Gasteiger partial charge in [0.25, 0.3) is 0 Å². The van der Waals surface area contributed by atoms with Gasteiger partial charge < -0.3 is 5.32 Å². The molecule has 1 aromatic carbocycles. The first-order valence-electron chi connectivity index (χ1n) is 6.41. The molecule has 0 bridgehead atoms. The van der Waals surface area contributed by atoms with Crippen LogP contribution >= 0.6 is 15.9 Å². The van der Waals surface area contributed by atoms with Gasteiger partial charge in [-0.1, -0.05) is 22.0 Å². The van der Waals surface area contributed by atoms with Crippen molar-refractivity contribution in [2.75, 3.05) is 0 Å². The Kier molecular flexibility index (Phi) is 4.89. The van der Waals surface area contributed by atoms with E-state index in [1.807, 2.05) is 32.0 Å². The van der Waals surface area contributed by atoms with Crippen molar-refractivity contribution in [2.24, 2.45) is 0 Å². The minimum Gasteiger partial charge on any atom is -0.351 e. The SMILES string of the molecule is Cc1cc(Br)ccc1CC(=O)N[C@@H](C)Cn1cncn1. The van der Waals surface area contributed by atoms with Gasteiger partial charge in [-0.2, -0.15) is 5.10 Å². The van der Waals surface area contributed by atoms with Crippen molar-refractivity contribution in [1.82, 2.24) is 20.1 Å². The van der Waals surface area contributed by atoms with Gasteiger partial charge in [-0.15, -0.1) is 0 Å². The van der Waals surface area contributed by atoms with E-state index in [1.165, 1.54) is 6.33 Å². The van der Waals surface area contributed by atoms with Gasteiger partial charge in [0, 0.05) is 10.5 Å². The minimum absolute atomic E-state index is 0.0138. The van der Waals surface area contributed by atoms with Crippen LogP contribution < -0.4 is 5.32 Å². The second kappa shape index (κ2) is 6.65. The normalized spacial score (nSPS) is 12.2. The fourth-order valence-electron chi connectivity index (χ4n) is 2.01. The molecule has 0 aliphatic heterocycles. The molecule has 106 valence electrons. The third-order valence-corrected chi connectivity index (χ3v) is 3.48. The van der Waals surface area contributed by atoms with Crippen LogP contribution in [0.1, 0.15) is 18.1 Å². The molecule has 0 unspecified atom stereocenters. The van der Waals surface area contributed by atoms with E-state index in [9.17, 15) is 4.79 Å². The Morgan fingerprint density at radius 1 is 1.50 bits per heavy atom. The van der Waals surface area contributed by atoms with Crippen LogP contribution in [-0.4, -0.2) is 26.7 Å². The van der Waals surface area contributed by atoms with Crippen molar-refractivity contribution < 1.29 is 4.79 Å². The largest absolute Gasteiger partial charge is 0.351 e. The molecule has 20 heavy (non-hydrogen) atoms. The van der Waals surface area contributed by atoms with Crippen LogP contribution in [0.25, 0.3) is 0 Å². The first kappa shape index (κ1) is 14.7. The molecule has 1 heterocycles. The van der Waals surface area contributed by atoms with Crippen molar-refractivity contribution >= 4 is 21.8 Å². The van der Waals surface area contributed by atoms with Gasteiger partial charge >= 0.3 is 0 Å². The number of halogens is 1. The lowest BCUT2D eigenvalue weighted by molar-refractivity contribution is -0.121. The molecule has 1 amide bonds. The van der Waals surface area contributed by atoms with Gasteiger partial charge in [0.1, 0.15) is 12.7 Å². The second-order valence-corrected chi connectivity index (χ2v) is 5.75. The fourth-order valence-corrected chi connectivity index (χ4v) is 2.49. The highest BCUT2D eigenvalue weighted by atomic mass is 79.9. The molecule has 5 nitrogen and oxygen atoms in total. The zero-order chi connectivity index (χ0) is 14.5. The highest BCUT2D eigenvalue weighted by molar-refractivity contribution is 9.10. The molecule has 0 fully saturated rings. The Morgan fingerprint density at radius 2 is 2.30 bits per heavy atom. The van der Waals surface area contributed by atoms with Crippen molar-refractivity contribution in [3.63, 3.8) is 0 Å². The van der Waals surface area contributed by atoms with E-state index in [-0.39, 0.29) is 11.9 Å². The molecule has 0 aliphatic rings. The van der Waals surface area contributed by atoms with Crippen LogP contribution in [0.5, 0.6) is 0 Å². The maximum absolute atomic E-state index is 12.0. The highest BCUT2D eigenvalue weighted by Crippen LogP contribution is 2.16. The van der Waals surface area contributed by atoms with Crippen LogP contribution in [0.15, 0.2) is 35.3 Å². The van der Waals surface area contributed by atoms with E-state index in [4.69, 9.17) is 0 Å². The summed E-state index contributed by atoms with van der Waals surface area (Å²) in [5.41, 5.74) is 2.15. The van der Waals surface area contributed by atoms with Gasteiger partial charge in [0.15, 0.2) is 0 Å². The lowest BCUT2D eigenvalue weighted by Crippen LogP contribution is -2.36. The molecule has 0 aliphatic carbocycles. The number of nitrogens with one attached hydrogen (secondary N) is 1. The number of carbonyl (C=O) groups is 1. The molecule has 1 N–H and O–H groups in total. The Balaban J connectivity index is 1.88. The summed E-state index contributed by atoms with van der Waals surface area (Å²) in [6, 6.07) is 5.96. The smallest absolute Gasteiger partial charge is 0.224 e. The summed E-state index contributed by atoms with van der Waals surface area (Å²) in [4.78, 5) is 15.9. The van der Waals surface area contributed by atoms with Crippen molar-refractivity contribution in [3.05, 3.63) is 46.5 Å². The molecule has 2 rings (SSSR count). The zero-order valence-electron chi connectivity index (χ0n) is 11.5. The summed E-state index contributed by atoms with van der Waals surface area (Å²) in [7, 11) is 0. The summed E-state index contributed by atoms with van der Waals surface area (Å²) in [6.07, 6.45) is 3.52. The first-order valence-corrected chi connectivity index (χ1v) is 7.20. The molecular weight excluding hydrogens is 320 g/mol. The predicted molar refractivity (Wildman–Crippen MR) is 80.2 cm³/mol. The van der Waals surface area contributed by atoms with Crippen molar-refractivity contribution in [3.8, 4) is 0 Å². The van der Waals surface area contributed by atoms with E-state index in [2.05, 4.69) is 31.3 Å². The van der Waals surface area contributed by atoms with E-state index in [0.717, 1.165) is 15.6 Å². The molecule has 0 spiro atoms. The number of rotatable bonds is 5. The zero-order valence-corrected chi connectivity index (χ0v) is 13.1. The molecule has 0 saturated carbocycles. The molecule has 1 atom stereocenters. The number of nitrogens with zero attached hydrogens (tertiary/aromatic N) is 3. The van der Waals surface area contributed by atoms with Gasteiger partial charge in [-0.05, 0) is 37.1 Å². The Labute approximate surface area is 126 Å². The van der Waals surface area contributed by atoms with E-state index < -0.39 is 0 Å². The highest BCUT2D eigenvalue weighted by Gasteiger charge is 2.10. The summed E-state index contributed by atoms with van der Waals surface area (Å²) in [6.45, 7) is 4.57. The summed E-state index contributed by atoms with van der Waals surface area (Å²) in [5, 5.41) is 6.99. The summed E-state index contributed by atoms with van der Waals surface area (Å²) >= 11 is 3.42. The number of benzene rings is 1. The second-order valence-electron chi connectivity index (χ2n) is 4.83. The number of amides is 1. The van der Waals surface area contributed by atoms with Crippen molar-refractivity contribution in [1.29, 1.82) is 0 Å². The Hall–Kier alpha value is -1.69.